The minimum Gasteiger partial charge on any atom is -0.464 e. The van der Waals surface area contributed by atoms with Crippen molar-refractivity contribution in [1.29, 1.82) is 0 Å². The molecule has 1 aromatic heterocycles. The van der Waals surface area contributed by atoms with E-state index in [1.807, 2.05) is 0 Å². The molecule has 19 heavy (non-hydrogen) atoms. The Bertz CT molecular complexity index is 413. The van der Waals surface area contributed by atoms with Gasteiger partial charge in [0.2, 0.25) is 11.9 Å². The zero-order valence-electron chi connectivity index (χ0n) is 10.7. The molecule has 1 aromatic rings. The molecule has 0 atom stereocenters. The van der Waals surface area contributed by atoms with E-state index in [4.69, 9.17) is 10.5 Å². The number of aromatic nitrogens is 3. The first-order chi connectivity index (χ1) is 8.85. The largest absolute Gasteiger partial charge is 0.464 e. The van der Waals surface area contributed by atoms with E-state index in [9.17, 15) is 13.2 Å². The van der Waals surface area contributed by atoms with Crippen LogP contribution in [-0.2, 0) is 0 Å². The topological polar surface area (TPSA) is 77.2 Å². The van der Waals surface area contributed by atoms with Crippen LogP contribution in [0.1, 0.15) is 20.3 Å². The zero-order chi connectivity index (χ0) is 14.5. The van der Waals surface area contributed by atoms with Gasteiger partial charge in [0.05, 0.1) is 6.61 Å². The van der Waals surface area contributed by atoms with Crippen LogP contribution in [-0.4, -0.2) is 40.8 Å². The maximum atomic E-state index is 12.5. The van der Waals surface area contributed by atoms with E-state index in [1.165, 1.54) is 0 Å². The predicted octanol–water partition coefficient (Wildman–Crippen LogP) is 1.63. The molecule has 0 saturated carbocycles. The Morgan fingerprint density at radius 3 is 2.42 bits per heavy atom. The molecule has 1 rings (SSSR count). The van der Waals surface area contributed by atoms with E-state index < -0.39 is 12.7 Å². The highest BCUT2D eigenvalue weighted by Crippen LogP contribution is 2.21. The standard InChI is InChI=1S/C10H16F3N5O/c1-3-5-18(6-10(11,12)13)8-15-7(14)16-9(17-8)19-4-2/h3-6H2,1-2H3,(H2,14,15,16,17). The summed E-state index contributed by atoms with van der Waals surface area (Å²) in [6.07, 6.45) is -3.83. The number of nitrogens with zero attached hydrogens (tertiary/aromatic N) is 4. The molecule has 0 spiro atoms. The molecule has 1 heterocycles. The minimum absolute atomic E-state index is 0.0757. The summed E-state index contributed by atoms with van der Waals surface area (Å²) in [4.78, 5) is 12.2. The number of nitrogen functional groups attached to an aromatic ring is 1. The van der Waals surface area contributed by atoms with Crippen molar-refractivity contribution in [1.82, 2.24) is 15.0 Å². The highest BCUT2D eigenvalue weighted by atomic mass is 19.4. The fourth-order valence-electron chi connectivity index (χ4n) is 1.43. The Kier molecular flexibility index (Phi) is 5.13. The van der Waals surface area contributed by atoms with Crippen LogP contribution in [0.15, 0.2) is 0 Å². The van der Waals surface area contributed by atoms with Gasteiger partial charge < -0.3 is 15.4 Å². The Hall–Kier alpha value is -1.80. The molecule has 0 fully saturated rings. The minimum atomic E-state index is -4.34. The third-order valence-electron chi connectivity index (χ3n) is 2.04. The lowest BCUT2D eigenvalue weighted by Gasteiger charge is -2.23. The van der Waals surface area contributed by atoms with Gasteiger partial charge in [0.15, 0.2) is 0 Å². The van der Waals surface area contributed by atoms with Crippen LogP contribution in [0.25, 0.3) is 0 Å². The van der Waals surface area contributed by atoms with Gasteiger partial charge in [0, 0.05) is 6.54 Å². The lowest BCUT2D eigenvalue weighted by atomic mass is 10.4. The molecule has 108 valence electrons. The molecule has 6 nitrogen and oxygen atoms in total. The van der Waals surface area contributed by atoms with Crippen molar-refractivity contribution in [2.24, 2.45) is 0 Å². The van der Waals surface area contributed by atoms with Crippen LogP contribution in [0.3, 0.4) is 0 Å². The van der Waals surface area contributed by atoms with Gasteiger partial charge in [-0.1, -0.05) is 6.92 Å². The fraction of sp³-hybridized carbons (Fsp3) is 0.700. The molecular weight excluding hydrogens is 263 g/mol. The first-order valence-corrected chi connectivity index (χ1v) is 5.81. The van der Waals surface area contributed by atoms with E-state index in [2.05, 4.69) is 15.0 Å². The number of ether oxygens (including phenoxy) is 1. The average Bonchev–Trinajstić information content (AvgIpc) is 2.26. The van der Waals surface area contributed by atoms with Crippen molar-refractivity contribution in [3.8, 4) is 6.01 Å². The van der Waals surface area contributed by atoms with Gasteiger partial charge in [-0.15, -0.1) is 0 Å². The number of alkyl halides is 3. The van der Waals surface area contributed by atoms with Crippen LogP contribution in [0.2, 0.25) is 0 Å². The van der Waals surface area contributed by atoms with E-state index >= 15 is 0 Å². The van der Waals surface area contributed by atoms with Gasteiger partial charge in [-0.25, -0.2) is 0 Å². The Labute approximate surface area is 108 Å². The fourth-order valence-corrected chi connectivity index (χ4v) is 1.43. The molecule has 0 amide bonds. The van der Waals surface area contributed by atoms with Gasteiger partial charge in [-0.05, 0) is 13.3 Å². The Balaban J connectivity index is 3.00. The van der Waals surface area contributed by atoms with E-state index in [-0.39, 0.29) is 31.1 Å². The molecule has 0 bridgehead atoms. The van der Waals surface area contributed by atoms with Crippen molar-refractivity contribution in [3.63, 3.8) is 0 Å². The summed E-state index contributed by atoms with van der Waals surface area (Å²) in [5.74, 6) is -0.299. The van der Waals surface area contributed by atoms with Crippen molar-refractivity contribution in [2.75, 3.05) is 30.3 Å². The summed E-state index contributed by atoms with van der Waals surface area (Å²) in [6, 6.07) is -0.0757. The van der Waals surface area contributed by atoms with Gasteiger partial charge in [0.25, 0.3) is 0 Å². The number of halogens is 3. The molecule has 0 aliphatic carbocycles. The van der Waals surface area contributed by atoms with Gasteiger partial charge in [-0.2, -0.15) is 28.1 Å². The van der Waals surface area contributed by atoms with Crippen molar-refractivity contribution in [2.45, 2.75) is 26.4 Å². The smallest absolute Gasteiger partial charge is 0.406 e. The number of nitrogens with two attached hydrogens (primary N) is 1. The number of hydrogen-bond donors (Lipinski definition) is 1. The van der Waals surface area contributed by atoms with Crippen LogP contribution in [0.4, 0.5) is 25.1 Å². The molecule has 9 heteroatoms. The predicted molar refractivity (Wildman–Crippen MR) is 64.0 cm³/mol. The maximum Gasteiger partial charge on any atom is 0.406 e. The number of rotatable bonds is 6. The Morgan fingerprint density at radius 2 is 1.89 bits per heavy atom. The van der Waals surface area contributed by atoms with E-state index in [0.29, 0.717) is 6.42 Å². The van der Waals surface area contributed by atoms with Gasteiger partial charge in [0.1, 0.15) is 6.54 Å². The monoisotopic (exact) mass is 279 g/mol. The van der Waals surface area contributed by atoms with Crippen LogP contribution in [0.5, 0.6) is 6.01 Å². The second kappa shape index (κ2) is 6.39. The number of hydrogen-bond acceptors (Lipinski definition) is 6. The maximum absolute atomic E-state index is 12.5. The van der Waals surface area contributed by atoms with Gasteiger partial charge >= 0.3 is 12.2 Å². The summed E-state index contributed by atoms with van der Waals surface area (Å²) in [5.41, 5.74) is 5.44. The summed E-state index contributed by atoms with van der Waals surface area (Å²) in [5, 5.41) is 0. The summed E-state index contributed by atoms with van der Waals surface area (Å²) < 4.78 is 42.5. The van der Waals surface area contributed by atoms with Crippen LogP contribution >= 0.6 is 0 Å². The van der Waals surface area contributed by atoms with Crippen molar-refractivity contribution < 1.29 is 17.9 Å². The highest BCUT2D eigenvalue weighted by Gasteiger charge is 2.32. The Morgan fingerprint density at radius 1 is 1.21 bits per heavy atom. The normalized spacial score (nSPS) is 11.4. The summed E-state index contributed by atoms with van der Waals surface area (Å²) in [6.45, 7) is 2.77. The third kappa shape index (κ3) is 5.14. The molecule has 0 aliphatic rings. The van der Waals surface area contributed by atoms with Crippen molar-refractivity contribution in [3.05, 3.63) is 0 Å². The second-order valence-corrected chi connectivity index (χ2v) is 3.75. The van der Waals surface area contributed by atoms with Crippen LogP contribution in [0, 0.1) is 0 Å². The van der Waals surface area contributed by atoms with Gasteiger partial charge in [-0.3, -0.25) is 0 Å². The molecule has 2 N–H and O–H groups in total. The SMILES string of the molecule is CCCN(CC(F)(F)F)c1nc(N)nc(OCC)n1. The second-order valence-electron chi connectivity index (χ2n) is 3.75. The molecule has 0 aliphatic heterocycles. The molecule has 0 saturated heterocycles. The highest BCUT2D eigenvalue weighted by molar-refractivity contribution is 5.36. The molecular formula is C10H16F3N5O. The molecule has 0 radical (unpaired) electrons. The van der Waals surface area contributed by atoms with Crippen molar-refractivity contribution >= 4 is 11.9 Å². The lowest BCUT2D eigenvalue weighted by Crippen LogP contribution is -2.36. The first-order valence-electron chi connectivity index (χ1n) is 5.81. The summed E-state index contributed by atoms with van der Waals surface area (Å²) >= 11 is 0. The molecule has 0 aromatic carbocycles. The van der Waals surface area contributed by atoms with E-state index in [0.717, 1.165) is 4.90 Å². The van der Waals surface area contributed by atoms with Crippen LogP contribution < -0.4 is 15.4 Å². The molecule has 0 unspecified atom stereocenters. The average molecular weight is 279 g/mol. The quantitative estimate of drug-likeness (QED) is 0.852. The zero-order valence-corrected chi connectivity index (χ0v) is 10.7. The lowest BCUT2D eigenvalue weighted by molar-refractivity contribution is -0.119. The first kappa shape index (κ1) is 15.3. The third-order valence-corrected chi connectivity index (χ3v) is 2.04. The summed E-state index contributed by atoms with van der Waals surface area (Å²) in [7, 11) is 0. The van der Waals surface area contributed by atoms with E-state index in [1.54, 1.807) is 13.8 Å². The number of anilines is 2.